The summed E-state index contributed by atoms with van der Waals surface area (Å²) in [7, 11) is 0. The zero-order chi connectivity index (χ0) is 48.9. The molecule has 0 fully saturated rings. The first-order chi connectivity index (χ1) is 34.9. The summed E-state index contributed by atoms with van der Waals surface area (Å²) in [6, 6.07) is 79.6. The highest BCUT2D eigenvalue weighted by molar-refractivity contribution is 7.00. The van der Waals surface area contributed by atoms with Crippen molar-refractivity contribution in [2.45, 2.75) is 52.4 Å². The Morgan fingerprint density at radius 2 is 0.875 bits per heavy atom. The van der Waals surface area contributed by atoms with Crippen molar-refractivity contribution in [1.29, 1.82) is 0 Å². The molecular formula is C66H54BN3O2. The molecule has 0 atom stereocenters. The first-order valence-electron chi connectivity index (χ1n) is 25.1. The van der Waals surface area contributed by atoms with Gasteiger partial charge < -0.3 is 23.5 Å². The Kier molecular flexibility index (Phi) is 10.0. The number of para-hydroxylation sites is 4. The minimum atomic E-state index is -0.0830. The number of hydrogen-bond donors (Lipinski definition) is 0. The maximum absolute atomic E-state index is 6.63. The highest BCUT2D eigenvalue weighted by Gasteiger charge is 2.44. The Morgan fingerprint density at radius 3 is 1.46 bits per heavy atom. The summed E-state index contributed by atoms with van der Waals surface area (Å²) in [6.45, 7) is 13.6. The maximum atomic E-state index is 6.63. The van der Waals surface area contributed by atoms with E-state index in [9.17, 15) is 0 Å². The first-order valence-corrected chi connectivity index (χ1v) is 25.1. The molecule has 0 bridgehead atoms. The minimum Gasteiger partial charge on any atom is -0.456 e. The van der Waals surface area contributed by atoms with Gasteiger partial charge in [-0.2, -0.15) is 0 Å². The van der Waals surface area contributed by atoms with Gasteiger partial charge in [0.15, 0.2) is 0 Å². The van der Waals surface area contributed by atoms with Crippen molar-refractivity contribution < 1.29 is 8.83 Å². The molecule has 72 heavy (non-hydrogen) atoms. The van der Waals surface area contributed by atoms with E-state index in [4.69, 9.17) is 8.83 Å². The number of rotatable bonds is 7. The molecule has 0 amide bonds. The van der Waals surface area contributed by atoms with Crippen molar-refractivity contribution in [2.24, 2.45) is 0 Å². The summed E-state index contributed by atoms with van der Waals surface area (Å²) in [6.07, 6.45) is 0. The van der Waals surface area contributed by atoms with Crippen LogP contribution in [0.5, 0.6) is 0 Å². The lowest BCUT2D eigenvalue weighted by atomic mass is 9.33. The molecule has 2 aliphatic rings. The van der Waals surface area contributed by atoms with E-state index < -0.39 is 0 Å². The third-order valence-electron chi connectivity index (χ3n) is 14.7. The van der Waals surface area contributed by atoms with Crippen LogP contribution in [0.15, 0.2) is 227 Å². The molecule has 11 aromatic rings. The van der Waals surface area contributed by atoms with E-state index in [0.29, 0.717) is 0 Å². The van der Waals surface area contributed by atoms with Crippen LogP contribution in [0.3, 0.4) is 0 Å². The van der Waals surface area contributed by atoms with Gasteiger partial charge in [0, 0.05) is 67.4 Å². The average Bonchev–Trinajstić information content (AvgIpc) is 4.04. The molecule has 0 saturated carbocycles. The molecule has 13 rings (SSSR count). The molecule has 2 aliphatic heterocycles. The maximum Gasteiger partial charge on any atom is 0.252 e. The van der Waals surface area contributed by atoms with Crippen LogP contribution in [0, 0.1) is 0 Å². The zero-order valence-electron chi connectivity index (χ0n) is 41.5. The van der Waals surface area contributed by atoms with E-state index in [1.807, 2.05) is 24.3 Å². The van der Waals surface area contributed by atoms with Crippen LogP contribution in [0.1, 0.15) is 52.7 Å². The molecule has 0 radical (unpaired) electrons. The van der Waals surface area contributed by atoms with Gasteiger partial charge in [0.05, 0.1) is 5.69 Å². The molecule has 9 aromatic carbocycles. The number of hydrogen-bond acceptors (Lipinski definition) is 5. The summed E-state index contributed by atoms with van der Waals surface area (Å²) in [5.41, 5.74) is 19.9. The largest absolute Gasteiger partial charge is 0.456 e. The summed E-state index contributed by atoms with van der Waals surface area (Å²) >= 11 is 0. The van der Waals surface area contributed by atoms with Crippen LogP contribution in [-0.2, 0) is 10.8 Å². The predicted molar refractivity (Wildman–Crippen MR) is 303 cm³/mol. The molecule has 0 unspecified atom stereocenters. The van der Waals surface area contributed by atoms with E-state index in [-0.39, 0.29) is 17.5 Å². The smallest absolute Gasteiger partial charge is 0.252 e. The van der Waals surface area contributed by atoms with Crippen molar-refractivity contribution in [1.82, 2.24) is 0 Å². The molecule has 4 heterocycles. The SMILES string of the molecule is CC(C)(C)c1ccc(N(c2ccc(C(C)(C)C)cc2)c2cc3c4c(c2)N(c2cccc(-c5cc6ccccc6o5)c2)c2cc(-c5cc6ccccc6o5)ccc2B4c2ccccc2N3c2ccccc2)cc1. The molecule has 348 valence electrons. The molecule has 0 spiro atoms. The summed E-state index contributed by atoms with van der Waals surface area (Å²) in [4.78, 5) is 7.42. The Hall–Kier alpha value is -8.48. The van der Waals surface area contributed by atoms with Gasteiger partial charge in [-0.25, -0.2) is 0 Å². The topological polar surface area (TPSA) is 36.0 Å². The van der Waals surface area contributed by atoms with Crippen molar-refractivity contribution in [3.63, 3.8) is 0 Å². The first kappa shape index (κ1) is 43.5. The van der Waals surface area contributed by atoms with Crippen LogP contribution in [0.2, 0.25) is 0 Å². The van der Waals surface area contributed by atoms with Gasteiger partial charge in [0.2, 0.25) is 0 Å². The molecule has 0 N–H and O–H groups in total. The zero-order valence-corrected chi connectivity index (χ0v) is 41.5. The third kappa shape index (κ3) is 7.32. The van der Waals surface area contributed by atoms with Crippen LogP contribution in [0.4, 0.5) is 51.2 Å². The summed E-state index contributed by atoms with van der Waals surface area (Å²) in [5, 5.41) is 2.15. The lowest BCUT2D eigenvalue weighted by molar-refractivity contribution is 0.590. The van der Waals surface area contributed by atoms with Gasteiger partial charge in [-0.3, -0.25) is 0 Å². The molecule has 5 nitrogen and oxygen atoms in total. The van der Waals surface area contributed by atoms with E-state index in [2.05, 4.69) is 250 Å². The van der Waals surface area contributed by atoms with Crippen LogP contribution >= 0.6 is 0 Å². The van der Waals surface area contributed by atoms with Gasteiger partial charge in [0.1, 0.15) is 22.7 Å². The highest BCUT2D eigenvalue weighted by atomic mass is 16.3. The van der Waals surface area contributed by atoms with E-state index in [1.165, 1.54) is 27.5 Å². The number of furan rings is 2. The second-order valence-electron chi connectivity index (χ2n) is 21.4. The number of nitrogens with zero attached hydrogens (tertiary/aromatic N) is 3. The minimum absolute atomic E-state index is 0.00166. The number of fused-ring (bicyclic) bond motifs is 6. The van der Waals surface area contributed by atoms with Crippen LogP contribution in [0.25, 0.3) is 44.6 Å². The second-order valence-corrected chi connectivity index (χ2v) is 21.4. The molecule has 2 aromatic heterocycles. The van der Waals surface area contributed by atoms with Crippen LogP contribution in [-0.4, -0.2) is 6.71 Å². The molecule has 0 aliphatic carbocycles. The lowest BCUT2D eigenvalue weighted by Gasteiger charge is -2.45. The van der Waals surface area contributed by atoms with Crippen molar-refractivity contribution in [3.8, 4) is 22.6 Å². The Bertz CT molecular complexity index is 3730. The van der Waals surface area contributed by atoms with E-state index in [1.54, 1.807) is 0 Å². The summed E-state index contributed by atoms with van der Waals surface area (Å²) < 4.78 is 13.2. The monoisotopic (exact) mass is 931 g/mol. The van der Waals surface area contributed by atoms with Crippen LogP contribution < -0.4 is 31.1 Å². The summed E-state index contributed by atoms with van der Waals surface area (Å²) in [5.74, 6) is 1.66. The van der Waals surface area contributed by atoms with Gasteiger partial charge in [0.25, 0.3) is 6.71 Å². The fourth-order valence-electron chi connectivity index (χ4n) is 11.1. The normalized spacial score (nSPS) is 13.1. The van der Waals surface area contributed by atoms with Crippen molar-refractivity contribution >= 4 is 96.2 Å². The lowest BCUT2D eigenvalue weighted by Crippen LogP contribution is -2.61. The third-order valence-corrected chi connectivity index (χ3v) is 14.7. The Morgan fingerprint density at radius 1 is 0.375 bits per heavy atom. The van der Waals surface area contributed by atoms with Gasteiger partial charge in [-0.1, -0.05) is 163 Å². The Balaban J connectivity index is 1.11. The van der Waals surface area contributed by atoms with E-state index in [0.717, 1.165) is 95.8 Å². The Labute approximate surface area is 422 Å². The quantitative estimate of drug-likeness (QED) is 0.149. The standard InChI is InChI=1S/C66H54BN3O2/c1-65(2,3)47-28-32-50(33-29-47)68(51-34-30-48(31-35-51)66(4,5)6)53-41-58-64-59(42-53)70(52-22-16-19-43(37-52)62-39-44-17-10-14-25-60(44)71-62)57-38-46(63-40-45-18-11-15-26-61(45)72-63)27-36-55(57)67(64)54-23-12-13-24-56(54)69(58)49-20-8-7-9-21-49/h7-42H,1-6H3. The van der Waals surface area contributed by atoms with Crippen molar-refractivity contribution in [3.05, 3.63) is 230 Å². The molecular weight excluding hydrogens is 878 g/mol. The van der Waals surface area contributed by atoms with Crippen molar-refractivity contribution in [2.75, 3.05) is 14.7 Å². The van der Waals surface area contributed by atoms with Gasteiger partial charge in [-0.15, -0.1) is 0 Å². The van der Waals surface area contributed by atoms with E-state index >= 15 is 0 Å². The number of benzene rings is 9. The fourth-order valence-corrected chi connectivity index (χ4v) is 11.1. The second kappa shape index (κ2) is 16.6. The molecule has 6 heteroatoms. The highest BCUT2D eigenvalue weighted by Crippen LogP contribution is 2.49. The fraction of sp³-hybridized carbons (Fsp3) is 0.121. The van der Waals surface area contributed by atoms with Gasteiger partial charge >= 0.3 is 0 Å². The predicted octanol–water partition coefficient (Wildman–Crippen LogP) is 16.7. The average molecular weight is 932 g/mol. The molecule has 0 saturated heterocycles. The van der Waals surface area contributed by atoms with Gasteiger partial charge in [-0.05, 0) is 135 Å². The number of anilines is 9.